The van der Waals surface area contributed by atoms with E-state index >= 15 is 0 Å². The Morgan fingerprint density at radius 2 is 1.74 bits per heavy atom. The summed E-state index contributed by atoms with van der Waals surface area (Å²) in [4.78, 5) is 21.6. The van der Waals surface area contributed by atoms with Gasteiger partial charge in [-0.25, -0.2) is 4.79 Å². The highest BCUT2D eigenvalue weighted by Gasteiger charge is 2.11. The van der Waals surface area contributed by atoms with Crippen LogP contribution >= 0.6 is 11.6 Å². The molecule has 0 radical (unpaired) electrons. The number of hydrogen-bond acceptors (Lipinski definition) is 3. The molecule has 96 valence electrons. The number of halogens is 1. The maximum Gasteiger partial charge on any atom is 0.337 e. The molecule has 2 N–H and O–H groups in total. The second-order valence-electron chi connectivity index (χ2n) is 3.89. The predicted octanol–water partition coefficient (Wildman–Crippen LogP) is 3.22. The van der Waals surface area contributed by atoms with E-state index in [2.05, 4.69) is 0 Å². The average Bonchev–Trinajstić information content (AvgIpc) is 2.38. The van der Waals surface area contributed by atoms with Crippen molar-refractivity contribution in [1.29, 1.82) is 0 Å². The molecule has 0 aliphatic rings. The summed E-state index contributed by atoms with van der Waals surface area (Å²) in [6.45, 7) is 0. The topological polar surface area (TPSA) is 74.6 Å². The summed E-state index contributed by atoms with van der Waals surface area (Å²) in [5.74, 6) is -1.28. The number of rotatable bonds is 3. The number of aromatic hydroxyl groups is 1. The minimum absolute atomic E-state index is 0.0156. The molecule has 0 fully saturated rings. The van der Waals surface area contributed by atoms with E-state index in [0.29, 0.717) is 17.4 Å². The van der Waals surface area contributed by atoms with E-state index in [1.54, 1.807) is 12.1 Å². The molecule has 0 aliphatic carbocycles. The monoisotopic (exact) mass is 276 g/mol. The van der Waals surface area contributed by atoms with Crippen molar-refractivity contribution >= 4 is 23.9 Å². The van der Waals surface area contributed by atoms with Crippen LogP contribution in [0.25, 0.3) is 11.1 Å². The zero-order valence-electron chi connectivity index (χ0n) is 9.63. The molecule has 4 nitrogen and oxygen atoms in total. The number of carbonyl (C=O) groups excluding carboxylic acids is 1. The lowest BCUT2D eigenvalue weighted by molar-refractivity contribution is 0.0697. The Hall–Kier alpha value is -2.33. The van der Waals surface area contributed by atoms with Gasteiger partial charge in [-0.1, -0.05) is 23.7 Å². The normalized spacial score (nSPS) is 10.2. The molecule has 0 bridgehead atoms. The van der Waals surface area contributed by atoms with Crippen LogP contribution in [-0.2, 0) is 0 Å². The number of benzene rings is 2. The number of carboxylic acids is 1. The van der Waals surface area contributed by atoms with Crippen LogP contribution in [0.2, 0.25) is 5.02 Å². The van der Waals surface area contributed by atoms with Crippen molar-refractivity contribution < 1.29 is 19.8 Å². The summed E-state index contributed by atoms with van der Waals surface area (Å²) >= 11 is 5.78. The van der Waals surface area contributed by atoms with Gasteiger partial charge in [0.2, 0.25) is 0 Å². The van der Waals surface area contributed by atoms with Gasteiger partial charge < -0.3 is 10.2 Å². The first kappa shape index (κ1) is 13.1. The van der Waals surface area contributed by atoms with E-state index in [9.17, 15) is 14.7 Å². The Labute approximate surface area is 113 Å². The minimum atomic E-state index is -1.12. The van der Waals surface area contributed by atoms with Crippen molar-refractivity contribution in [3.8, 4) is 16.9 Å². The smallest absolute Gasteiger partial charge is 0.337 e. The molecule has 0 spiro atoms. The van der Waals surface area contributed by atoms with Crippen molar-refractivity contribution in [2.75, 3.05) is 0 Å². The largest absolute Gasteiger partial charge is 0.507 e. The Morgan fingerprint density at radius 3 is 2.32 bits per heavy atom. The van der Waals surface area contributed by atoms with Gasteiger partial charge in [0.15, 0.2) is 6.29 Å². The Kier molecular flexibility index (Phi) is 3.53. The summed E-state index contributed by atoms with van der Waals surface area (Å²) in [6.07, 6.45) is 0.545. The second kappa shape index (κ2) is 5.12. The molecule has 2 aromatic carbocycles. The number of aromatic carboxylic acids is 1. The predicted molar refractivity (Wildman–Crippen MR) is 70.9 cm³/mol. The van der Waals surface area contributed by atoms with E-state index in [1.165, 1.54) is 24.3 Å². The molecule has 2 rings (SSSR count). The third-order valence-electron chi connectivity index (χ3n) is 2.69. The number of phenols is 1. The van der Waals surface area contributed by atoms with E-state index in [-0.39, 0.29) is 21.9 Å². The fourth-order valence-corrected chi connectivity index (χ4v) is 1.89. The maximum atomic E-state index is 11.0. The maximum absolute atomic E-state index is 11.0. The minimum Gasteiger partial charge on any atom is -0.507 e. The SMILES string of the molecule is O=Cc1ccc(-c2ccc(Cl)c(C(=O)O)c2)cc1O. The summed E-state index contributed by atoms with van der Waals surface area (Å²) in [5, 5.41) is 18.7. The highest BCUT2D eigenvalue weighted by molar-refractivity contribution is 6.33. The molecule has 0 saturated heterocycles. The molecule has 0 atom stereocenters. The van der Waals surface area contributed by atoms with Crippen LogP contribution < -0.4 is 0 Å². The van der Waals surface area contributed by atoms with Crippen LogP contribution in [0.5, 0.6) is 5.75 Å². The van der Waals surface area contributed by atoms with Crippen LogP contribution in [0.3, 0.4) is 0 Å². The van der Waals surface area contributed by atoms with Gasteiger partial charge >= 0.3 is 5.97 Å². The van der Waals surface area contributed by atoms with Crippen LogP contribution in [0.15, 0.2) is 36.4 Å². The first-order valence-corrected chi connectivity index (χ1v) is 5.72. The number of carboxylic acid groups (broad SMARTS) is 1. The third-order valence-corrected chi connectivity index (χ3v) is 3.02. The van der Waals surface area contributed by atoms with Gasteiger partial charge in [0.05, 0.1) is 16.1 Å². The highest BCUT2D eigenvalue weighted by Crippen LogP contribution is 2.28. The Bertz CT molecular complexity index is 664. The zero-order chi connectivity index (χ0) is 14.0. The summed E-state index contributed by atoms with van der Waals surface area (Å²) in [7, 11) is 0. The molecule has 0 unspecified atom stereocenters. The first-order chi connectivity index (χ1) is 9.02. The van der Waals surface area contributed by atoms with Crippen LogP contribution in [-0.4, -0.2) is 22.5 Å². The molecule has 0 amide bonds. The summed E-state index contributed by atoms with van der Waals surface area (Å²) in [6, 6.07) is 9.03. The van der Waals surface area contributed by atoms with E-state index < -0.39 is 5.97 Å². The van der Waals surface area contributed by atoms with Crippen LogP contribution in [0.1, 0.15) is 20.7 Å². The molecule has 0 saturated carbocycles. The van der Waals surface area contributed by atoms with Gasteiger partial charge in [-0.05, 0) is 35.4 Å². The fraction of sp³-hybridized carbons (Fsp3) is 0. The van der Waals surface area contributed by atoms with E-state index in [0.717, 1.165) is 0 Å². The van der Waals surface area contributed by atoms with Gasteiger partial charge in [-0.15, -0.1) is 0 Å². The summed E-state index contributed by atoms with van der Waals surface area (Å²) < 4.78 is 0. The third kappa shape index (κ3) is 2.58. The second-order valence-corrected chi connectivity index (χ2v) is 4.30. The first-order valence-electron chi connectivity index (χ1n) is 5.34. The highest BCUT2D eigenvalue weighted by atomic mass is 35.5. The van der Waals surface area contributed by atoms with Gasteiger partial charge in [-0.2, -0.15) is 0 Å². The van der Waals surface area contributed by atoms with Gasteiger partial charge in [0.25, 0.3) is 0 Å². The van der Waals surface area contributed by atoms with Crippen molar-refractivity contribution in [2.24, 2.45) is 0 Å². The zero-order valence-corrected chi connectivity index (χ0v) is 10.4. The lowest BCUT2D eigenvalue weighted by Gasteiger charge is -2.06. The van der Waals surface area contributed by atoms with Crippen molar-refractivity contribution in [3.05, 3.63) is 52.5 Å². The van der Waals surface area contributed by atoms with E-state index in [4.69, 9.17) is 16.7 Å². The van der Waals surface area contributed by atoms with Gasteiger partial charge in [-0.3, -0.25) is 4.79 Å². The van der Waals surface area contributed by atoms with E-state index in [1.807, 2.05) is 0 Å². The van der Waals surface area contributed by atoms with Crippen molar-refractivity contribution in [3.63, 3.8) is 0 Å². The molecule has 0 heterocycles. The average molecular weight is 277 g/mol. The van der Waals surface area contributed by atoms with Crippen molar-refractivity contribution in [1.82, 2.24) is 0 Å². The molecule has 2 aromatic rings. The standard InChI is InChI=1S/C14H9ClO4/c15-12-4-3-8(5-11(12)14(18)19)9-1-2-10(7-16)13(17)6-9/h1-7,17H,(H,18,19). The Balaban J connectivity index is 2.53. The van der Waals surface area contributed by atoms with Gasteiger partial charge in [0, 0.05) is 0 Å². The lowest BCUT2D eigenvalue weighted by Crippen LogP contribution is -1.97. The lowest BCUT2D eigenvalue weighted by atomic mass is 10.0. The quantitative estimate of drug-likeness (QED) is 0.844. The van der Waals surface area contributed by atoms with Crippen LogP contribution in [0, 0.1) is 0 Å². The van der Waals surface area contributed by atoms with Crippen molar-refractivity contribution in [2.45, 2.75) is 0 Å². The van der Waals surface area contributed by atoms with Gasteiger partial charge in [0.1, 0.15) is 5.75 Å². The molecule has 0 aliphatic heterocycles. The van der Waals surface area contributed by atoms with Crippen LogP contribution in [0.4, 0.5) is 0 Å². The molecular weight excluding hydrogens is 268 g/mol. The number of aldehydes is 1. The molecule has 5 heteroatoms. The Morgan fingerprint density at radius 1 is 1.11 bits per heavy atom. The molecule has 0 aromatic heterocycles. The fourth-order valence-electron chi connectivity index (χ4n) is 1.69. The summed E-state index contributed by atoms with van der Waals surface area (Å²) in [5.41, 5.74) is 1.35. The molecular formula is C14H9ClO4. The number of phenolic OH excluding ortho intramolecular Hbond substituents is 1. The number of hydrogen-bond donors (Lipinski definition) is 2. The number of carbonyl (C=O) groups is 2. The molecule has 19 heavy (non-hydrogen) atoms.